The van der Waals surface area contributed by atoms with Crippen molar-refractivity contribution in [3.63, 3.8) is 0 Å². The van der Waals surface area contributed by atoms with E-state index in [9.17, 15) is 18.0 Å². The molecule has 94 valence electrons. The monoisotopic (exact) mass is 246 g/mol. The molecular formula is C12H13F3O2. The van der Waals surface area contributed by atoms with Crippen molar-refractivity contribution >= 4 is 5.97 Å². The first kappa shape index (κ1) is 13.5. The van der Waals surface area contributed by atoms with Gasteiger partial charge in [-0.25, -0.2) is 0 Å². The minimum absolute atomic E-state index is 0.358. The topological polar surface area (TPSA) is 26.3 Å². The Hall–Kier alpha value is -1.52. The Kier molecular flexibility index (Phi) is 4.15. The lowest BCUT2D eigenvalue weighted by Crippen LogP contribution is -2.22. The van der Waals surface area contributed by atoms with E-state index in [0.29, 0.717) is 11.1 Å². The van der Waals surface area contributed by atoms with Crippen LogP contribution in [0.4, 0.5) is 13.2 Å². The number of ether oxygens (including phenoxy) is 1. The van der Waals surface area contributed by atoms with Gasteiger partial charge in [-0.1, -0.05) is 24.3 Å². The van der Waals surface area contributed by atoms with Crippen molar-refractivity contribution in [2.24, 2.45) is 0 Å². The highest BCUT2D eigenvalue weighted by Gasteiger charge is 2.37. The maximum atomic E-state index is 12.4. The first-order valence-corrected chi connectivity index (χ1v) is 5.05. The van der Waals surface area contributed by atoms with Crippen LogP contribution < -0.4 is 0 Å². The van der Waals surface area contributed by atoms with E-state index >= 15 is 0 Å². The van der Waals surface area contributed by atoms with Gasteiger partial charge in [-0.05, 0) is 18.1 Å². The Bertz CT molecular complexity index is 399. The molecule has 0 aliphatic heterocycles. The first-order chi connectivity index (χ1) is 7.85. The minimum Gasteiger partial charge on any atom is -0.469 e. The van der Waals surface area contributed by atoms with Crippen LogP contribution >= 0.6 is 0 Å². The molecule has 0 saturated heterocycles. The average molecular weight is 246 g/mol. The summed E-state index contributed by atoms with van der Waals surface area (Å²) in [5.41, 5.74) is 1.00. The summed E-state index contributed by atoms with van der Waals surface area (Å²) in [6.07, 6.45) is -5.61. The van der Waals surface area contributed by atoms with E-state index in [1.165, 1.54) is 6.07 Å². The summed E-state index contributed by atoms with van der Waals surface area (Å²) in [5, 5.41) is 0. The quantitative estimate of drug-likeness (QED) is 0.765. The zero-order chi connectivity index (χ0) is 13.1. The molecule has 0 amide bonds. The van der Waals surface area contributed by atoms with Crippen LogP contribution in [0, 0.1) is 6.92 Å². The molecule has 1 aromatic carbocycles. The van der Waals surface area contributed by atoms with E-state index in [-0.39, 0.29) is 0 Å². The summed E-state index contributed by atoms with van der Waals surface area (Å²) in [6, 6.07) is 6.50. The highest BCUT2D eigenvalue weighted by Crippen LogP contribution is 2.33. The number of carbonyl (C=O) groups is 1. The van der Waals surface area contributed by atoms with Crippen molar-refractivity contribution in [2.45, 2.75) is 25.4 Å². The average Bonchev–Trinajstić information content (AvgIpc) is 2.25. The number of methoxy groups -OCH3 is 1. The highest BCUT2D eigenvalue weighted by atomic mass is 19.4. The molecule has 0 aliphatic carbocycles. The molecule has 0 radical (unpaired) electrons. The van der Waals surface area contributed by atoms with Gasteiger partial charge in [0.25, 0.3) is 0 Å². The number of carbonyl (C=O) groups excluding carboxylic acids is 1. The molecule has 0 saturated carbocycles. The van der Waals surface area contributed by atoms with Crippen LogP contribution in [0.2, 0.25) is 0 Å². The summed E-state index contributed by atoms with van der Waals surface area (Å²) in [4.78, 5) is 11.4. The lowest BCUT2D eigenvalue weighted by atomic mass is 9.92. The number of rotatable bonds is 3. The Morgan fingerprint density at radius 3 is 2.41 bits per heavy atom. The van der Waals surface area contributed by atoms with E-state index in [1.54, 1.807) is 25.1 Å². The van der Waals surface area contributed by atoms with Crippen LogP contribution in [0.1, 0.15) is 23.5 Å². The number of hydrogen-bond acceptors (Lipinski definition) is 2. The van der Waals surface area contributed by atoms with Crippen LogP contribution in [-0.2, 0) is 9.53 Å². The number of esters is 1. The zero-order valence-electron chi connectivity index (χ0n) is 9.54. The molecule has 0 fully saturated rings. The smallest absolute Gasteiger partial charge is 0.390 e. The third-order valence-electron chi connectivity index (χ3n) is 2.49. The molecule has 1 aromatic rings. The number of alkyl halides is 3. The van der Waals surface area contributed by atoms with Crippen LogP contribution in [0.25, 0.3) is 0 Å². The van der Waals surface area contributed by atoms with Gasteiger partial charge in [0, 0.05) is 0 Å². The fraction of sp³-hybridized carbons (Fsp3) is 0.417. The number of hydrogen-bond donors (Lipinski definition) is 0. The van der Waals surface area contributed by atoms with Crippen molar-refractivity contribution in [1.29, 1.82) is 0 Å². The van der Waals surface area contributed by atoms with E-state index in [1.807, 2.05) is 0 Å². The second-order valence-electron chi connectivity index (χ2n) is 3.75. The molecule has 0 aromatic heterocycles. The molecule has 5 heteroatoms. The lowest BCUT2D eigenvalue weighted by molar-refractivity contribution is -0.159. The predicted molar refractivity (Wildman–Crippen MR) is 56.6 cm³/mol. The fourth-order valence-corrected chi connectivity index (χ4v) is 1.67. The molecule has 0 heterocycles. The summed E-state index contributed by atoms with van der Waals surface area (Å²) in [7, 11) is 1.09. The standard InChI is InChI=1S/C12H13F3O2/c1-8-5-3-4-6-9(8)10(11(16)17-2)7-12(13,14)15/h3-6,10H,7H2,1-2H3. The summed E-state index contributed by atoms with van der Waals surface area (Å²) < 4.78 is 41.7. The summed E-state index contributed by atoms with van der Waals surface area (Å²) >= 11 is 0. The molecule has 1 atom stereocenters. The van der Waals surface area contributed by atoms with Crippen molar-refractivity contribution in [2.75, 3.05) is 7.11 Å². The van der Waals surface area contributed by atoms with Gasteiger partial charge in [0.05, 0.1) is 19.4 Å². The van der Waals surface area contributed by atoms with Crippen molar-refractivity contribution in [3.05, 3.63) is 35.4 Å². The molecule has 17 heavy (non-hydrogen) atoms. The van der Waals surface area contributed by atoms with E-state index in [0.717, 1.165) is 7.11 Å². The van der Waals surface area contributed by atoms with Crippen LogP contribution in [0.15, 0.2) is 24.3 Å². The molecule has 2 nitrogen and oxygen atoms in total. The molecular weight excluding hydrogens is 233 g/mol. The molecule has 1 rings (SSSR count). The maximum Gasteiger partial charge on any atom is 0.390 e. The number of halogens is 3. The van der Waals surface area contributed by atoms with Gasteiger partial charge in [0.2, 0.25) is 0 Å². The fourth-order valence-electron chi connectivity index (χ4n) is 1.67. The molecule has 0 bridgehead atoms. The van der Waals surface area contributed by atoms with Gasteiger partial charge in [-0.2, -0.15) is 13.2 Å². The third kappa shape index (κ3) is 3.76. The third-order valence-corrected chi connectivity index (χ3v) is 2.49. The molecule has 0 aliphatic rings. The largest absolute Gasteiger partial charge is 0.469 e. The van der Waals surface area contributed by atoms with Gasteiger partial charge in [0.15, 0.2) is 0 Å². The van der Waals surface area contributed by atoms with Crippen molar-refractivity contribution in [1.82, 2.24) is 0 Å². The Morgan fingerprint density at radius 1 is 1.35 bits per heavy atom. The van der Waals surface area contributed by atoms with Crippen LogP contribution in [-0.4, -0.2) is 19.3 Å². The minimum atomic E-state index is -4.40. The first-order valence-electron chi connectivity index (χ1n) is 5.05. The Labute approximate surface area is 97.4 Å². The van der Waals surface area contributed by atoms with Crippen molar-refractivity contribution < 1.29 is 22.7 Å². The highest BCUT2D eigenvalue weighted by molar-refractivity contribution is 5.78. The maximum absolute atomic E-state index is 12.4. The van der Waals surface area contributed by atoms with E-state index in [4.69, 9.17) is 0 Å². The van der Waals surface area contributed by atoms with Gasteiger partial charge in [-0.3, -0.25) is 4.79 Å². The number of benzene rings is 1. The molecule has 0 spiro atoms. The summed E-state index contributed by atoms with van der Waals surface area (Å²) in [6.45, 7) is 1.67. The lowest BCUT2D eigenvalue weighted by Gasteiger charge is -2.18. The SMILES string of the molecule is COC(=O)C(CC(F)(F)F)c1ccccc1C. The van der Waals surface area contributed by atoms with Gasteiger partial charge in [-0.15, -0.1) is 0 Å². The Balaban J connectivity index is 3.07. The zero-order valence-corrected chi connectivity index (χ0v) is 9.54. The number of aryl methyl sites for hydroxylation is 1. The summed E-state index contributed by atoms with van der Waals surface area (Å²) in [5.74, 6) is -2.15. The van der Waals surface area contributed by atoms with Crippen molar-refractivity contribution in [3.8, 4) is 0 Å². The van der Waals surface area contributed by atoms with Crippen LogP contribution in [0.3, 0.4) is 0 Å². The van der Waals surface area contributed by atoms with Gasteiger partial charge >= 0.3 is 12.1 Å². The van der Waals surface area contributed by atoms with Gasteiger partial charge < -0.3 is 4.74 Å². The van der Waals surface area contributed by atoms with Gasteiger partial charge in [0.1, 0.15) is 0 Å². The van der Waals surface area contributed by atoms with E-state index in [2.05, 4.69) is 4.74 Å². The second kappa shape index (κ2) is 5.21. The normalized spacial score (nSPS) is 13.2. The van der Waals surface area contributed by atoms with E-state index < -0.39 is 24.5 Å². The van der Waals surface area contributed by atoms with Crippen LogP contribution in [0.5, 0.6) is 0 Å². The Morgan fingerprint density at radius 2 is 1.94 bits per heavy atom. The predicted octanol–water partition coefficient (Wildman–Crippen LogP) is 3.20. The molecule has 1 unspecified atom stereocenters. The molecule has 0 N–H and O–H groups in total. The second-order valence-corrected chi connectivity index (χ2v) is 3.75.